The molecule has 0 unspecified atom stereocenters. The summed E-state index contributed by atoms with van der Waals surface area (Å²) in [5.74, 6) is 0.192. The zero-order valence-corrected chi connectivity index (χ0v) is 31.0. The molecule has 44 heavy (non-hydrogen) atoms. The van der Waals surface area contributed by atoms with Crippen LogP contribution in [-0.4, -0.2) is 13.2 Å². The Bertz CT molecular complexity index is 817. The van der Waals surface area contributed by atoms with E-state index in [1.165, 1.54) is 54.4 Å². The average molecular weight is 624 g/mol. The van der Waals surface area contributed by atoms with Gasteiger partial charge in [-0.3, -0.25) is 0 Å². The molecule has 0 radical (unpaired) electrons. The summed E-state index contributed by atoms with van der Waals surface area (Å²) in [6.45, 7) is 34.7. The van der Waals surface area contributed by atoms with E-state index in [2.05, 4.69) is 91.7 Å². The monoisotopic (exact) mass is 624 g/mol. The summed E-state index contributed by atoms with van der Waals surface area (Å²) in [6, 6.07) is 0. The molecule has 0 heterocycles. The third kappa shape index (κ3) is 31.2. The second kappa shape index (κ2) is 32.2. The van der Waals surface area contributed by atoms with Gasteiger partial charge in [0.25, 0.3) is 0 Å². The summed E-state index contributed by atoms with van der Waals surface area (Å²) in [6.07, 6.45) is 17.6. The van der Waals surface area contributed by atoms with Crippen LogP contribution >= 0.6 is 0 Å². The molecule has 0 spiro atoms. The molecular formula is C40H72F3N. The molecule has 0 aliphatic heterocycles. The lowest BCUT2D eigenvalue weighted by Crippen LogP contribution is -2.26. The van der Waals surface area contributed by atoms with Crippen molar-refractivity contribution in [2.24, 2.45) is 17.8 Å². The molecule has 1 N–H and O–H groups in total. The largest absolute Gasteiger partial charge is 0.391 e. The van der Waals surface area contributed by atoms with Gasteiger partial charge in [0, 0.05) is 12.7 Å². The van der Waals surface area contributed by atoms with Gasteiger partial charge < -0.3 is 5.32 Å². The molecule has 1 aliphatic rings. The van der Waals surface area contributed by atoms with Crippen LogP contribution in [0.5, 0.6) is 0 Å². The fourth-order valence-corrected chi connectivity index (χ4v) is 4.45. The van der Waals surface area contributed by atoms with E-state index in [4.69, 9.17) is 0 Å². The van der Waals surface area contributed by atoms with Crippen molar-refractivity contribution in [2.45, 2.75) is 147 Å². The van der Waals surface area contributed by atoms with Crippen LogP contribution in [-0.2, 0) is 0 Å². The molecule has 258 valence electrons. The first-order chi connectivity index (χ1) is 20.6. The Balaban J connectivity index is -0.000000238. The van der Waals surface area contributed by atoms with Gasteiger partial charge in [-0.05, 0) is 84.6 Å². The van der Waals surface area contributed by atoms with Crippen molar-refractivity contribution in [3.63, 3.8) is 0 Å². The normalized spacial score (nSPS) is 15.9. The number of hydrogen-bond donors (Lipinski definition) is 1. The van der Waals surface area contributed by atoms with E-state index in [-0.39, 0.29) is 0 Å². The van der Waals surface area contributed by atoms with Crippen molar-refractivity contribution in [1.29, 1.82) is 0 Å². The molecule has 4 heteroatoms. The third-order valence-electron chi connectivity index (χ3n) is 6.99. The molecule has 0 amide bonds. The highest BCUT2D eigenvalue weighted by molar-refractivity contribution is 5.21. The number of likely N-dealkylation sites (N-methyl/N-ethyl adjacent to an activating group) is 1. The van der Waals surface area contributed by atoms with Crippen LogP contribution in [0.2, 0.25) is 0 Å². The number of hydrogen-bond acceptors (Lipinski definition) is 1. The summed E-state index contributed by atoms with van der Waals surface area (Å²) >= 11 is 0. The number of allylic oxidation sites excluding steroid dienone is 10. The minimum absolute atomic E-state index is 0.338. The molecule has 1 aliphatic carbocycles. The number of nitrogens with one attached hydrogen (secondary N) is 1. The Kier molecular flexibility index (Phi) is 35.6. The molecule has 1 rings (SSSR count). The molecule has 1 nitrogen and oxygen atoms in total. The molecule has 0 bridgehead atoms. The van der Waals surface area contributed by atoms with E-state index < -0.39 is 12.1 Å². The Morgan fingerprint density at radius 2 is 1.39 bits per heavy atom. The number of alkyl halides is 3. The molecule has 0 aromatic carbocycles. The minimum Gasteiger partial charge on any atom is -0.388 e. The lowest BCUT2D eigenvalue weighted by atomic mass is 9.83. The van der Waals surface area contributed by atoms with Crippen LogP contribution in [0.15, 0.2) is 84.2 Å². The van der Waals surface area contributed by atoms with Crippen LogP contribution < -0.4 is 5.32 Å². The predicted molar refractivity (Wildman–Crippen MR) is 196 cm³/mol. The van der Waals surface area contributed by atoms with Gasteiger partial charge in [0.1, 0.15) is 0 Å². The quantitative estimate of drug-likeness (QED) is 0.226. The Morgan fingerprint density at radius 1 is 0.909 bits per heavy atom. The number of rotatable bonds is 11. The molecule has 0 aromatic heterocycles. The fraction of sp³-hybridized carbons (Fsp3) is 0.650. The van der Waals surface area contributed by atoms with Crippen LogP contribution in [0, 0.1) is 17.8 Å². The van der Waals surface area contributed by atoms with E-state index in [9.17, 15) is 13.2 Å². The summed E-state index contributed by atoms with van der Waals surface area (Å²) in [7, 11) is 1.89. The first-order valence-corrected chi connectivity index (χ1v) is 16.9. The highest BCUT2D eigenvalue weighted by Gasteiger charge is 2.40. The van der Waals surface area contributed by atoms with Crippen molar-refractivity contribution in [2.75, 3.05) is 7.05 Å². The zero-order valence-electron chi connectivity index (χ0n) is 31.0. The van der Waals surface area contributed by atoms with Gasteiger partial charge in [-0.15, -0.1) is 0 Å². The first-order valence-electron chi connectivity index (χ1n) is 16.9. The van der Waals surface area contributed by atoms with Gasteiger partial charge in [-0.1, -0.05) is 146 Å². The standard InChI is InChI=1S/C13H24.C9H14.C8H13F3.C7H13N.C3H8/c1-6-8-13(9-7-2)12(5)10-11(3)4;1-4-7-8-9(5-2)6-3;1-6-2-4-7(5-3-6)8(9,10)11;1-5-7(8-4)6(2)3;1-3-2/h10,13H,5-9H2,1-4H3;4-5,7-8H,1,6H2,2-3H3;6-7H,2-5H2,1H3;5,8H,1H2,2-4H3;3H2,1-2H3/b;8-7-,9-5-;;;. The van der Waals surface area contributed by atoms with E-state index in [1.807, 2.05) is 46.9 Å². The van der Waals surface area contributed by atoms with E-state index >= 15 is 0 Å². The molecule has 1 fully saturated rings. The second-order valence-corrected chi connectivity index (χ2v) is 12.0. The highest BCUT2D eigenvalue weighted by Crippen LogP contribution is 2.39. The maximum absolute atomic E-state index is 12.1. The molecular weight excluding hydrogens is 551 g/mol. The topological polar surface area (TPSA) is 12.0 Å². The van der Waals surface area contributed by atoms with Crippen LogP contribution in [0.3, 0.4) is 0 Å². The maximum Gasteiger partial charge on any atom is 0.391 e. The van der Waals surface area contributed by atoms with Crippen LogP contribution in [0.1, 0.15) is 140 Å². The smallest absolute Gasteiger partial charge is 0.388 e. The van der Waals surface area contributed by atoms with Crippen LogP contribution in [0.4, 0.5) is 13.2 Å². The summed E-state index contributed by atoms with van der Waals surface area (Å²) in [5.41, 5.74) is 6.42. The van der Waals surface area contributed by atoms with Crippen molar-refractivity contribution >= 4 is 0 Å². The van der Waals surface area contributed by atoms with Gasteiger partial charge in [0.15, 0.2) is 0 Å². The van der Waals surface area contributed by atoms with Crippen molar-refractivity contribution in [3.8, 4) is 0 Å². The van der Waals surface area contributed by atoms with Gasteiger partial charge in [-0.2, -0.15) is 13.2 Å². The first kappa shape index (κ1) is 48.7. The molecule has 0 saturated heterocycles. The second-order valence-electron chi connectivity index (χ2n) is 12.0. The lowest BCUT2D eigenvalue weighted by molar-refractivity contribution is -0.183. The maximum atomic E-state index is 12.1. The SMILES string of the molecule is C=C(C=C(C)C)C(CCC)CCC.C=C/C=C\C(=C/C)CC.C=CC(NC)=C(C)C.CC1CCC(C(F)(F)F)CC1.CCC. The van der Waals surface area contributed by atoms with Crippen LogP contribution in [0.25, 0.3) is 0 Å². The Labute approximate surface area is 273 Å². The molecule has 1 saturated carbocycles. The fourth-order valence-electron chi connectivity index (χ4n) is 4.45. The third-order valence-corrected chi connectivity index (χ3v) is 6.99. The summed E-state index contributed by atoms with van der Waals surface area (Å²) < 4.78 is 36.2. The van der Waals surface area contributed by atoms with Crippen molar-refractivity contribution in [1.82, 2.24) is 5.32 Å². The van der Waals surface area contributed by atoms with Gasteiger partial charge in [0.05, 0.1) is 5.92 Å². The summed E-state index contributed by atoms with van der Waals surface area (Å²) in [4.78, 5) is 0. The Morgan fingerprint density at radius 3 is 1.64 bits per heavy atom. The van der Waals surface area contributed by atoms with Gasteiger partial charge in [-0.25, -0.2) is 0 Å². The highest BCUT2D eigenvalue weighted by atomic mass is 19.4. The molecule has 0 aromatic rings. The zero-order chi connectivity index (χ0) is 35.1. The predicted octanol–water partition coefficient (Wildman–Crippen LogP) is 14.3. The average Bonchev–Trinajstić information content (AvgIpc) is 2.95. The van der Waals surface area contributed by atoms with Gasteiger partial charge in [0.2, 0.25) is 0 Å². The van der Waals surface area contributed by atoms with Crippen molar-refractivity contribution in [3.05, 3.63) is 84.2 Å². The summed E-state index contributed by atoms with van der Waals surface area (Å²) in [5, 5.41) is 3.01. The van der Waals surface area contributed by atoms with E-state index in [0.29, 0.717) is 24.7 Å². The van der Waals surface area contributed by atoms with E-state index in [1.54, 1.807) is 6.08 Å². The van der Waals surface area contributed by atoms with Gasteiger partial charge >= 0.3 is 6.18 Å². The lowest BCUT2D eigenvalue weighted by Gasteiger charge is -2.27. The minimum atomic E-state index is -3.94. The Hall–Kier alpha value is -2.23. The van der Waals surface area contributed by atoms with Crippen molar-refractivity contribution < 1.29 is 13.2 Å². The van der Waals surface area contributed by atoms with E-state index in [0.717, 1.165) is 25.0 Å². The molecule has 0 atom stereocenters. The number of halogens is 3.